The number of alkyl halides is 2. The van der Waals surface area contributed by atoms with Gasteiger partial charge in [0, 0.05) is 6.20 Å². The van der Waals surface area contributed by atoms with Crippen LogP contribution in [0.4, 0.5) is 8.78 Å². The largest absolute Gasteiger partial charge is 0.462 e. The van der Waals surface area contributed by atoms with Gasteiger partial charge in [0.2, 0.25) is 0 Å². The third kappa shape index (κ3) is 2.77. The van der Waals surface area contributed by atoms with E-state index >= 15 is 0 Å². The molecule has 0 aromatic carbocycles. The molecule has 0 spiro atoms. The Kier molecular flexibility index (Phi) is 4.52. The van der Waals surface area contributed by atoms with Gasteiger partial charge in [0.15, 0.2) is 0 Å². The Bertz CT molecular complexity index is 486. The van der Waals surface area contributed by atoms with Crippen LogP contribution in [-0.2, 0) is 4.74 Å². The van der Waals surface area contributed by atoms with E-state index in [4.69, 9.17) is 5.26 Å². The molecule has 0 saturated carbocycles. The van der Waals surface area contributed by atoms with Crippen molar-refractivity contribution in [3.05, 3.63) is 27.5 Å². The maximum atomic E-state index is 12.8. The Morgan fingerprint density at radius 3 is 2.82 bits per heavy atom. The number of ether oxygens (including phenoxy) is 1. The third-order valence-corrected chi connectivity index (χ3v) is 2.50. The summed E-state index contributed by atoms with van der Waals surface area (Å²) < 4.78 is 30.3. The van der Waals surface area contributed by atoms with Gasteiger partial charge in [0.05, 0.1) is 23.3 Å². The third-order valence-electron chi connectivity index (χ3n) is 1.90. The number of halogens is 3. The van der Waals surface area contributed by atoms with Crippen LogP contribution >= 0.6 is 15.9 Å². The second-order valence-electron chi connectivity index (χ2n) is 2.88. The Morgan fingerprint density at radius 1 is 1.71 bits per heavy atom. The van der Waals surface area contributed by atoms with E-state index in [0.29, 0.717) is 0 Å². The van der Waals surface area contributed by atoms with Gasteiger partial charge < -0.3 is 4.74 Å². The quantitative estimate of drug-likeness (QED) is 0.636. The minimum Gasteiger partial charge on any atom is -0.462 e. The maximum Gasteiger partial charge on any atom is 0.340 e. The number of nitrogens with zero attached hydrogens (tertiary/aromatic N) is 2. The first-order valence-corrected chi connectivity index (χ1v) is 5.36. The van der Waals surface area contributed by atoms with Gasteiger partial charge in [-0.05, 0) is 22.9 Å². The molecule has 0 saturated heterocycles. The van der Waals surface area contributed by atoms with Crippen LogP contribution in [0, 0.1) is 11.3 Å². The predicted molar refractivity (Wildman–Crippen MR) is 57.6 cm³/mol. The summed E-state index contributed by atoms with van der Waals surface area (Å²) in [5.41, 5.74) is -1.40. The molecular formula is C10H7BrF2N2O2. The average Bonchev–Trinajstić information content (AvgIpc) is 2.28. The van der Waals surface area contributed by atoms with E-state index in [1.807, 2.05) is 0 Å². The topological polar surface area (TPSA) is 63.0 Å². The summed E-state index contributed by atoms with van der Waals surface area (Å²) in [5.74, 6) is -0.917. The van der Waals surface area contributed by atoms with Crippen LogP contribution in [0.15, 0.2) is 10.8 Å². The van der Waals surface area contributed by atoms with E-state index < -0.39 is 18.0 Å². The summed E-state index contributed by atoms with van der Waals surface area (Å²) in [7, 11) is 0. The first kappa shape index (κ1) is 13.5. The van der Waals surface area contributed by atoms with Crippen molar-refractivity contribution in [1.82, 2.24) is 4.98 Å². The maximum absolute atomic E-state index is 12.8. The zero-order valence-corrected chi connectivity index (χ0v) is 10.3. The van der Waals surface area contributed by atoms with Crippen molar-refractivity contribution in [3.8, 4) is 6.07 Å². The summed E-state index contributed by atoms with van der Waals surface area (Å²) in [4.78, 5) is 15.1. The van der Waals surface area contributed by atoms with Crippen molar-refractivity contribution in [3.63, 3.8) is 0 Å². The molecule has 1 aromatic rings. The van der Waals surface area contributed by atoms with Gasteiger partial charge in [0.25, 0.3) is 6.43 Å². The van der Waals surface area contributed by atoms with Gasteiger partial charge >= 0.3 is 5.97 Å². The Morgan fingerprint density at radius 2 is 2.35 bits per heavy atom. The number of aromatic nitrogens is 1. The summed E-state index contributed by atoms with van der Waals surface area (Å²) in [5, 5.41) is 8.78. The standard InChI is InChI=1S/C10H7BrF2N2O2/c1-2-17-10(16)6-4-15-8(11)5(3-14)7(6)9(12)13/h4,9H,2H2,1H3. The van der Waals surface area contributed by atoms with Gasteiger partial charge in [-0.1, -0.05) is 0 Å². The van der Waals surface area contributed by atoms with Crippen LogP contribution < -0.4 is 0 Å². The lowest BCUT2D eigenvalue weighted by atomic mass is 10.1. The summed E-state index contributed by atoms with van der Waals surface area (Å²) in [6.45, 7) is 1.61. The monoisotopic (exact) mass is 304 g/mol. The Balaban J connectivity index is 3.42. The molecule has 0 radical (unpaired) electrons. The molecular weight excluding hydrogens is 298 g/mol. The average molecular weight is 305 g/mol. The molecule has 0 aliphatic heterocycles. The lowest BCUT2D eigenvalue weighted by Gasteiger charge is -2.10. The first-order valence-electron chi connectivity index (χ1n) is 4.56. The Hall–Kier alpha value is -1.55. The fourth-order valence-electron chi connectivity index (χ4n) is 1.21. The second-order valence-corrected chi connectivity index (χ2v) is 3.64. The van der Waals surface area contributed by atoms with Crippen molar-refractivity contribution in [2.24, 2.45) is 0 Å². The summed E-state index contributed by atoms with van der Waals surface area (Å²) in [6.07, 6.45) is -1.99. The molecule has 1 heterocycles. The van der Waals surface area contributed by atoms with Crippen LogP contribution in [0.2, 0.25) is 0 Å². The van der Waals surface area contributed by atoms with Gasteiger partial charge in [0.1, 0.15) is 10.7 Å². The fraction of sp³-hybridized carbons (Fsp3) is 0.300. The van der Waals surface area contributed by atoms with Crippen molar-refractivity contribution >= 4 is 21.9 Å². The highest BCUT2D eigenvalue weighted by atomic mass is 79.9. The number of hydrogen-bond acceptors (Lipinski definition) is 4. The van der Waals surface area contributed by atoms with E-state index in [1.165, 1.54) is 0 Å². The highest BCUT2D eigenvalue weighted by Gasteiger charge is 2.25. The summed E-state index contributed by atoms with van der Waals surface area (Å²) in [6, 6.07) is 1.59. The molecule has 0 amide bonds. The van der Waals surface area contributed by atoms with Gasteiger partial charge in [-0.25, -0.2) is 18.6 Å². The highest BCUT2D eigenvalue weighted by Crippen LogP contribution is 2.30. The highest BCUT2D eigenvalue weighted by molar-refractivity contribution is 9.10. The minimum atomic E-state index is -2.96. The van der Waals surface area contributed by atoms with Crippen molar-refractivity contribution in [2.45, 2.75) is 13.3 Å². The number of hydrogen-bond donors (Lipinski definition) is 0. The SMILES string of the molecule is CCOC(=O)c1cnc(Br)c(C#N)c1C(F)F. The second kappa shape index (κ2) is 5.68. The van der Waals surface area contributed by atoms with Gasteiger partial charge in [-0.2, -0.15) is 5.26 Å². The summed E-state index contributed by atoms with van der Waals surface area (Å²) >= 11 is 2.88. The van der Waals surface area contributed by atoms with Crippen LogP contribution in [0.5, 0.6) is 0 Å². The molecule has 4 nitrogen and oxygen atoms in total. The van der Waals surface area contributed by atoms with E-state index in [-0.39, 0.29) is 22.3 Å². The molecule has 0 atom stereocenters. The lowest BCUT2D eigenvalue weighted by Crippen LogP contribution is -2.11. The van der Waals surface area contributed by atoms with Crippen LogP contribution in [0.25, 0.3) is 0 Å². The molecule has 0 aliphatic rings. The number of pyridine rings is 1. The number of carbonyl (C=O) groups excluding carboxylic acids is 1. The van der Waals surface area contributed by atoms with Crippen LogP contribution in [0.1, 0.15) is 34.8 Å². The van der Waals surface area contributed by atoms with Gasteiger partial charge in [-0.15, -0.1) is 0 Å². The number of rotatable bonds is 3. The normalized spacial score (nSPS) is 10.1. The minimum absolute atomic E-state index is 0.0247. The molecule has 0 fully saturated rings. The van der Waals surface area contributed by atoms with E-state index in [0.717, 1.165) is 6.20 Å². The predicted octanol–water partition coefficient (Wildman–Crippen LogP) is 2.83. The van der Waals surface area contributed by atoms with Crippen molar-refractivity contribution in [1.29, 1.82) is 5.26 Å². The molecule has 0 N–H and O–H groups in total. The smallest absolute Gasteiger partial charge is 0.340 e. The zero-order valence-electron chi connectivity index (χ0n) is 8.71. The Labute approximate surface area is 104 Å². The number of carbonyl (C=O) groups is 1. The molecule has 17 heavy (non-hydrogen) atoms. The van der Waals surface area contributed by atoms with E-state index in [1.54, 1.807) is 13.0 Å². The van der Waals surface area contributed by atoms with Crippen LogP contribution in [0.3, 0.4) is 0 Å². The van der Waals surface area contributed by atoms with Crippen molar-refractivity contribution < 1.29 is 18.3 Å². The molecule has 7 heteroatoms. The van der Waals surface area contributed by atoms with E-state index in [2.05, 4.69) is 25.7 Å². The van der Waals surface area contributed by atoms with Crippen LogP contribution in [-0.4, -0.2) is 17.6 Å². The van der Waals surface area contributed by atoms with Gasteiger partial charge in [-0.3, -0.25) is 0 Å². The van der Waals surface area contributed by atoms with E-state index in [9.17, 15) is 13.6 Å². The van der Waals surface area contributed by atoms with Crippen molar-refractivity contribution in [2.75, 3.05) is 6.61 Å². The molecule has 1 rings (SSSR count). The molecule has 0 aliphatic carbocycles. The zero-order chi connectivity index (χ0) is 13.0. The molecule has 0 unspecified atom stereocenters. The number of esters is 1. The molecule has 0 bridgehead atoms. The first-order chi connectivity index (χ1) is 8.02. The lowest BCUT2D eigenvalue weighted by molar-refractivity contribution is 0.0514. The number of nitriles is 1. The molecule has 1 aromatic heterocycles. The fourth-order valence-corrected chi connectivity index (χ4v) is 1.61. The molecule has 90 valence electrons.